The van der Waals surface area contributed by atoms with Crippen LogP contribution in [0, 0.1) is 5.92 Å². The van der Waals surface area contributed by atoms with Crippen LogP contribution in [0.5, 0.6) is 0 Å². The van der Waals surface area contributed by atoms with Crippen molar-refractivity contribution in [3.05, 3.63) is 24.3 Å². The Labute approximate surface area is 140 Å². The molecule has 0 saturated carbocycles. The molecule has 0 aromatic carbocycles. The van der Waals surface area contributed by atoms with Gasteiger partial charge in [-0.3, -0.25) is 14.4 Å². The molecule has 0 saturated heterocycles. The number of carbonyl (C=O) groups is 4. The number of hydrogen-bond acceptors (Lipinski definition) is 7. The molecule has 24 heavy (non-hydrogen) atoms. The lowest BCUT2D eigenvalue weighted by Gasteiger charge is -2.18. The number of ketones is 2. The molecule has 1 aliphatic rings. The minimum atomic E-state index is -1.16. The average Bonchev–Trinajstić information content (AvgIpc) is 2.48. The maximum Gasteiger partial charge on any atom is 0.331 e. The Bertz CT molecular complexity index is 561. The van der Waals surface area contributed by atoms with Crippen LogP contribution in [0.4, 0.5) is 0 Å². The number of aliphatic hydroxyl groups excluding tert-OH is 1. The normalized spacial score (nSPS) is 33.5. The van der Waals surface area contributed by atoms with Crippen molar-refractivity contribution in [2.75, 3.05) is 0 Å². The van der Waals surface area contributed by atoms with Crippen molar-refractivity contribution >= 4 is 23.5 Å². The van der Waals surface area contributed by atoms with E-state index in [0.717, 1.165) is 18.2 Å². The fourth-order valence-electron chi connectivity index (χ4n) is 1.99. The van der Waals surface area contributed by atoms with Gasteiger partial charge in [0.2, 0.25) is 0 Å². The number of carbonyl (C=O) groups excluding carboxylic acids is 4. The van der Waals surface area contributed by atoms with E-state index in [4.69, 9.17) is 9.47 Å². The van der Waals surface area contributed by atoms with Gasteiger partial charge in [0.1, 0.15) is 18.3 Å². The predicted octanol–water partition coefficient (Wildman–Crippen LogP) is 0.891. The first-order chi connectivity index (χ1) is 11.2. The Hall–Kier alpha value is -2.28. The predicted molar refractivity (Wildman–Crippen MR) is 83.8 cm³/mol. The largest absolute Gasteiger partial charge is 0.459 e. The van der Waals surface area contributed by atoms with E-state index in [2.05, 4.69) is 0 Å². The van der Waals surface area contributed by atoms with Crippen molar-refractivity contribution in [2.45, 2.75) is 51.9 Å². The van der Waals surface area contributed by atoms with Crippen LogP contribution in [0.2, 0.25) is 0 Å². The van der Waals surface area contributed by atoms with Crippen molar-refractivity contribution in [1.29, 1.82) is 0 Å². The molecule has 0 amide bonds. The van der Waals surface area contributed by atoms with Crippen LogP contribution in [-0.2, 0) is 28.7 Å². The molecule has 0 aromatic rings. The minimum Gasteiger partial charge on any atom is -0.459 e. The molecule has 0 radical (unpaired) electrons. The van der Waals surface area contributed by atoms with Gasteiger partial charge in [-0.25, -0.2) is 4.79 Å². The molecule has 1 aliphatic heterocycles. The van der Waals surface area contributed by atoms with Crippen molar-refractivity contribution < 1.29 is 33.8 Å². The highest BCUT2D eigenvalue weighted by Crippen LogP contribution is 2.10. The fraction of sp³-hybridized carbons (Fsp3) is 0.529. The monoisotopic (exact) mass is 338 g/mol. The molecule has 1 N–H and O–H groups in total. The number of hydrogen-bond donors (Lipinski definition) is 1. The van der Waals surface area contributed by atoms with E-state index in [1.807, 2.05) is 0 Å². The molecule has 1 heterocycles. The quantitative estimate of drug-likeness (QED) is 0.654. The summed E-state index contributed by atoms with van der Waals surface area (Å²) in [6, 6.07) is 0. The van der Waals surface area contributed by atoms with Crippen molar-refractivity contribution in [1.82, 2.24) is 0 Å². The first-order valence-corrected chi connectivity index (χ1v) is 7.70. The van der Waals surface area contributed by atoms with Crippen LogP contribution in [-0.4, -0.2) is 46.9 Å². The van der Waals surface area contributed by atoms with Gasteiger partial charge in [0, 0.05) is 18.4 Å². The van der Waals surface area contributed by atoms with Gasteiger partial charge >= 0.3 is 11.9 Å². The molecule has 7 nitrogen and oxygen atoms in total. The Morgan fingerprint density at radius 3 is 2.29 bits per heavy atom. The van der Waals surface area contributed by atoms with Gasteiger partial charge in [-0.15, -0.1) is 0 Å². The van der Waals surface area contributed by atoms with Crippen LogP contribution < -0.4 is 0 Å². The summed E-state index contributed by atoms with van der Waals surface area (Å²) in [5.41, 5.74) is 0. The second-order valence-electron chi connectivity index (χ2n) is 5.80. The summed E-state index contributed by atoms with van der Waals surface area (Å²) in [6.45, 7) is 4.56. The number of ether oxygens (including phenoxy) is 2. The van der Waals surface area contributed by atoms with Crippen LogP contribution in [0.25, 0.3) is 0 Å². The van der Waals surface area contributed by atoms with Gasteiger partial charge in [-0.1, -0.05) is 6.92 Å². The zero-order chi connectivity index (χ0) is 18.3. The number of cyclic esters (lactones) is 2. The lowest BCUT2D eigenvalue weighted by atomic mass is 9.99. The molecule has 0 unspecified atom stereocenters. The maximum atomic E-state index is 11.9. The molecule has 0 aliphatic carbocycles. The Kier molecular flexibility index (Phi) is 7.51. The number of esters is 2. The standard InChI is InChI=1S/C17H22O7/c1-10-8-13(18)4-5-15(20)12(3)24-17(22)9-11(2)23-16(21)7-6-14(10)19/h4-7,10-12,15,20H,8-9H2,1-3H3/b5-4+,7-6+/t10-,11+,12-,15-/m0/s1. The summed E-state index contributed by atoms with van der Waals surface area (Å²) in [4.78, 5) is 47.0. The van der Waals surface area contributed by atoms with E-state index in [9.17, 15) is 24.3 Å². The molecule has 0 fully saturated rings. The Morgan fingerprint density at radius 2 is 1.62 bits per heavy atom. The van der Waals surface area contributed by atoms with Gasteiger partial charge in [-0.05, 0) is 32.1 Å². The van der Waals surface area contributed by atoms with Crippen LogP contribution in [0.15, 0.2) is 24.3 Å². The number of aliphatic hydroxyl groups is 1. The topological polar surface area (TPSA) is 107 Å². The average molecular weight is 338 g/mol. The smallest absolute Gasteiger partial charge is 0.331 e. The molecule has 0 bridgehead atoms. The number of rotatable bonds is 0. The van der Waals surface area contributed by atoms with Crippen LogP contribution in [0.1, 0.15) is 33.6 Å². The second-order valence-corrected chi connectivity index (χ2v) is 5.80. The molecular formula is C17H22O7. The first kappa shape index (κ1) is 19.8. The maximum absolute atomic E-state index is 11.9. The third-order valence-electron chi connectivity index (χ3n) is 3.43. The Morgan fingerprint density at radius 1 is 0.958 bits per heavy atom. The molecule has 0 aromatic heterocycles. The zero-order valence-corrected chi connectivity index (χ0v) is 13.9. The van der Waals surface area contributed by atoms with Crippen molar-refractivity contribution in [2.24, 2.45) is 5.92 Å². The lowest BCUT2D eigenvalue weighted by Crippen LogP contribution is -2.29. The van der Waals surface area contributed by atoms with Gasteiger partial charge in [0.25, 0.3) is 0 Å². The van der Waals surface area contributed by atoms with Gasteiger partial charge < -0.3 is 14.6 Å². The molecule has 4 atom stereocenters. The van der Waals surface area contributed by atoms with E-state index in [-0.39, 0.29) is 24.4 Å². The lowest BCUT2D eigenvalue weighted by molar-refractivity contribution is -0.157. The third kappa shape index (κ3) is 6.87. The summed E-state index contributed by atoms with van der Waals surface area (Å²) in [5.74, 6) is -2.76. The van der Waals surface area contributed by atoms with E-state index >= 15 is 0 Å². The summed E-state index contributed by atoms with van der Waals surface area (Å²) in [7, 11) is 0. The minimum absolute atomic E-state index is 0.0635. The third-order valence-corrected chi connectivity index (χ3v) is 3.43. The van der Waals surface area contributed by atoms with Gasteiger partial charge in [0.05, 0.1) is 6.42 Å². The van der Waals surface area contributed by atoms with Crippen molar-refractivity contribution in [3.8, 4) is 0 Å². The van der Waals surface area contributed by atoms with Gasteiger partial charge in [-0.2, -0.15) is 0 Å². The van der Waals surface area contributed by atoms with Crippen LogP contribution >= 0.6 is 0 Å². The zero-order valence-electron chi connectivity index (χ0n) is 13.9. The highest BCUT2D eigenvalue weighted by atomic mass is 16.6. The van der Waals surface area contributed by atoms with Crippen molar-refractivity contribution in [3.63, 3.8) is 0 Å². The fourth-order valence-corrected chi connectivity index (χ4v) is 1.99. The molecular weight excluding hydrogens is 316 g/mol. The SMILES string of the molecule is C[C@@H]1CC(=O)O[C@@H](C)[C@@H](O)/C=C/C(=O)C[C@H](C)C(=O)/C=C/C(=O)O1. The summed E-state index contributed by atoms with van der Waals surface area (Å²) in [5, 5.41) is 9.87. The first-order valence-electron chi connectivity index (χ1n) is 7.70. The Balaban J connectivity index is 2.93. The second kappa shape index (κ2) is 9.12. The highest BCUT2D eigenvalue weighted by molar-refractivity contribution is 6.00. The van der Waals surface area contributed by atoms with E-state index in [1.54, 1.807) is 6.92 Å². The molecule has 1 rings (SSSR count). The summed E-state index contributed by atoms with van der Waals surface area (Å²) in [6.07, 6.45) is 1.39. The molecule has 132 valence electrons. The van der Waals surface area contributed by atoms with E-state index < -0.39 is 36.2 Å². The number of allylic oxidation sites excluding steroid dienone is 2. The molecule has 0 spiro atoms. The summed E-state index contributed by atoms with van der Waals surface area (Å²) >= 11 is 0. The van der Waals surface area contributed by atoms with Gasteiger partial charge in [0.15, 0.2) is 11.6 Å². The highest BCUT2D eigenvalue weighted by Gasteiger charge is 2.21. The van der Waals surface area contributed by atoms with E-state index in [1.165, 1.54) is 19.9 Å². The van der Waals surface area contributed by atoms with E-state index in [0.29, 0.717) is 0 Å². The molecule has 7 heteroatoms. The van der Waals surface area contributed by atoms with Crippen LogP contribution in [0.3, 0.4) is 0 Å². The summed E-state index contributed by atoms with van der Waals surface area (Å²) < 4.78 is 9.99.